The van der Waals surface area contributed by atoms with Crippen molar-refractivity contribution in [2.45, 2.75) is 33.6 Å². The normalized spacial score (nSPS) is 16.6. The van der Waals surface area contributed by atoms with E-state index in [0.29, 0.717) is 11.3 Å². The van der Waals surface area contributed by atoms with Crippen molar-refractivity contribution in [3.63, 3.8) is 0 Å². The third-order valence-corrected chi connectivity index (χ3v) is 4.04. The lowest BCUT2D eigenvalue weighted by atomic mass is 9.92. The molecule has 2 rings (SSSR count). The first-order valence-electron chi connectivity index (χ1n) is 6.32. The highest BCUT2D eigenvalue weighted by atomic mass is 14.9. The summed E-state index contributed by atoms with van der Waals surface area (Å²) in [5.74, 6) is 0.714. The second-order valence-electron chi connectivity index (χ2n) is 5.53. The molecule has 1 N–H and O–H groups in total. The van der Waals surface area contributed by atoms with Gasteiger partial charge in [0.25, 0.3) is 0 Å². The van der Waals surface area contributed by atoms with Crippen LogP contribution in [-0.4, -0.2) is 6.54 Å². The quantitative estimate of drug-likeness (QED) is 0.852. The van der Waals surface area contributed by atoms with E-state index in [1.54, 1.807) is 0 Å². The molecule has 1 aromatic rings. The molecule has 0 spiro atoms. The molecular formula is C15H20N2. The molecule has 0 aromatic heterocycles. The third kappa shape index (κ3) is 2.44. The molecule has 90 valence electrons. The van der Waals surface area contributed by atoms with Crippen LogP contribution in [0.4, 0.5) is 5.69 Å². The zero-order chi connectivity index (χ0) is 12.5. The Morgan fingerprint density at radius 1 is 1.41 bits per heavy atom. The predicted octanol–water partition coefficient (Wildman–Crippen LogP) is 3.71. The van der Waals surface area contributed by atoms with Gasteiger partial charge in [-0.05, 0) is 48.8 Å². The summed E-state index contributed by atoms with van der Waals surface area (Å²) in [6.45, 7) is 7.58. The molecule has 1 aliphatic rings. The number of aryl methyl sites for hydroxylation is 1. The summed E-state index contributed by atoms with van der Waals surface area (Å²) in [6.07, 6.45) is 2.62. The molecule has 0 aliphatic heterocycles. The van der Waals surface area contributed by atoms with E-state index in [2.05, 4.69) is 31.3 Å². The molecule has 1 saturated carbocycles. The Morgan fingerprint density at radius 3 is 2.65 bits per heavy atom. The van der Waals surface area contributed by atoms with E-state index in [1.165, 1.54) is 12.8 Å². The molecule has 1 aliphatic carbocycles. The highest BCUT2D eigenvalue weighted by molar-refractivity contribution is 5.58. The summed E-state index contributed by atoms with van der Waals surface area (Å²) in [4.78, 5) is 0. The average Bonchev–Trinajstić information content (AvgIpc) is 3.08. The van der Waals surface area contributed by atoms with Crippen LogP contribution in [0.2, 0.25) is 0 Å². The van der Waals surface area contributed by atoms with E-state index in [4.69, 9.17) is 5.26 Å². The molecule has 0 unspecified atom stereocenters. The molecule has 0 saturated heterocycles. The maximum Gasteiger partial charge on any atom is 0.101 e. The predicted molar refractivity (Wildman–Crippen MR) is 70.9 cm³/mol. The second kappa shape index (κ2) is 4.41. The van der Waals surface area contributed by atoms with Crippen LogP contribution in [-0.2, 0) is 0 Å². The van der Waals surface area contributed by atoms with Crippen molar-refractivity contribution in [3.05, 3.63) is 29.3 Å². The molecule has 0 heterocycles. The van der Waals surface area contributed by atoms with Crippen LogP contribution in [0.1, 0.15) is 37.8 Å². The first-order chi connectivity index (χ1) is 8.07. The summed E-state index contributed by atoms with van der Waals surface area (Å²) in [6, 6.07) is 8.27. The van der Waals surface area contributed by atoms with Crippen LogP contribution in [0, 0.1) is 29.6 Å². The number of nitriles is 1. The fourth-order valence-electron chi connectivity index (χ4n) is 2.29. The molecule has 1 aromatic carbocycles. The van der Waals surface area contributed by atoms with Crippen molar-refractivity contribution in [2.24, 2.45) is 11.3 Å². The van der Waals surface area contributed by atoms with E-state index >= 15 is 0 Å². The minimum absolute atomic E-state index is 0.470. The van der Waals surface area contributed by atoms with E-state index < -0.39 is 0 Å². The van der Waals surface area contributed by atoms with Gasteiger partial charge in [-0.1, -0.05) is 19.9 Å². The lowest BCUT2D eigenvalue weighted by Gasteiger charge is -2.21. The fraction of sp³-hybridized carbons (Fsp3) is 0.533. The Hall–Kier alpha value is -1.49. The topological polar surface area (TPSA) is 35.8 Å². The van der Waals surface area contributed by atoms with Gasteiger partial charge in [0.1, 0.15) is 6.07 Å². The summed E-state index contributed by atoms with van der Waals surface area (Å²) in [7, 11) is 0. The largest absolute Gasteiger partial charge is 0.383 e. The highest BCUT2D eigenvalue weighted by Gasteiger charge is 2.44. The van der Waals surface area contributed by atoms with Crippen molar-refractivity contribution >= 4 is 5.69 Å². The Bertz CT molecular complexity index is 450. The van der Waals surface area contributed by atoms with Crippen LogP contribution in [0.15, 0.2) is 18.2 Å². The number of rotatable bonds is 4. The molecule has 17 heavy (non-hydrogen) atoms. The first-order valence-corrected chi connectivity index (χ1v) is 6.32. The third-order valence-electron chi connectivity index (χ3n) is 4.04. The van der Waals surface area contributed by atoms with E-state index in [1.807, 2.05) is 19.1 Å². The molecule has 1 fully saturated rings. The van der Waals surface area contributed by atoms with E-state index in [9.17, 15) is 0 Å². The zero-order valence-electron chi connectivity index (χ0n) is 10.9. The van der Waals surface area contributed by atoms with E-state index in [0.717, 1.165) is 23.4 Å². The van der Waals surface area contributed by atoms with Crippen LogP contribution in [0.5, 0.6) is 0 Å². The maximum atomic E-state index is 9.11. The molecule has 0 amide bonds. The van der Waals surface area contributed by atoms with Gasteiger partial charge in [0.05, 0.1) is 11.3 Å². The number of benzene rings is 1. The van der Waals surface area contributed by atoms with Gasteiger partial charge in [-0.25, -0.2) is 0 Å². The summed E-state index contributed by atoms with van der Waals surface area (Å²) >= 11 is 0. The van der Waals surface area contributed by atoms with Crippen molar-refractivity contribution in [1.29, 1.82) is 5.26 Å². The number of hydrogen-bond donors (Lipinski definition) is 1. The Kier molecular flexibility index (Phi) is 3.11. The highest BCUT2D eigenvalue weighted by Crippen LogP contribution is 2.51. The van der Waals surface area contributed by atoms with Crippen LogP contribution < -0.4 is 5.32 Å². The standard InChI is InChI=1S/C15H20N2/c1-11(2)15(6-7-15)10-17-14-5-4-12(3)8-13(14)9-16/h4-5,8,11,17H,6-7,10H2,1-3H3. The Balaban J connectivity index is 2.07. The van der Waals surface area contributed by atoms with Gasteiger partial charge in [-0.3, -0.25) is 0 Å². The van der Waals surface area contributed by atoms with Crippen molar-refractivity contribution in [3.8, 4) is 6.07 Å². The van der Waals surface area contributed by atoms with Gasteiger partial charge in [0.2, 0.25) is 0 Å². The molecular weight excluding hydrogens is 208 g/mol. The van der Waals surface area contributed by atoms with Crippen LogP contribution in [0.3, 0.4) is 0 Å². The summed E-state index contributed by atoms with van der Waals surface area (Å²) < 4.78 is 0. The lowest BCUT2D eigenvalue weighted by molar-refractivity contribution is 0.380. The number of nitrogens with one attached hydrogen (secondary N) is 1. The number of anilines is 1. The average molecular weight is 228 g/mol. The maximum absolute atomic E-state index is 9.11. The van der Waals surface area contributed by atoms with Crippen LogP contribution in [0.25, 0.3) is 0 Å². The summed E-state index contributed by atoms with van der Waals surface area (Å²) in [5.41, 5.74) is 3.34. The lowest BCUT2D eigenvalue weighted by Crippen LogP contribution is -2.21. The van der Waals surface area contributed by atoms with Crippen molar-refractivity contribution in [2.75, 3.05) is 11.9 Å². The second-order valence-corrected chi connectivity index (χ2v) is 5.53. The Labute approximate surface area is 104 Å². The van der Waals surface area contributed by atoms with Gasteiger partial charge in [0, 0.05) is 6.54 Å². The monoisotopic (exact) mass is 228 g/mol. The Morgan fingerprint density at radius 2 is 2.12 bits per heavy atom. The van der Waals surface area contributed by atoms with Gasteiger partial charge in [0.15, 0.2) is 0 Å². The molecule has 0 atom stereocenters. The van der Waals surface area contributed by atoms with Crippen molar-refractivity contribution in [1.82, 2.24) is 0 Å². The van der Waals surface area contributed by atoms with Gasteiger partial charge in [-0.2, -0.15) is 5.26 Å². The zero-order valence-corrected chi connectivity index (χ0v) is 10.9. The summed E-state index contributed by atoms with van der Waals surface area (Å²) in [5, 5.41) is 12.6. The fourth-order valence-corrected chi connectivity index (χ4v) is 2.29. The smallest absolute Gasteiger partial charge is 0.101 e. The first kappa shape index (κ1) is 12.0. The molecule has 0 bridgehead atoms. The molecule has 2 nitrogen and oxygen atoms in total. The van der Waals surface area contributed by atoms with Gasteiger partial charge >= 0.3 is 0 Å². The number of nitrogens with zero attached hydrogens (tertiary/aromatic N) is 1. The van der Waals surface area contributed by atoms with Crippen LogP contribution >= 0.6 is 0 Å². The van der Waals surface area contributed by atoms with Gasteiger partial charge < -0.3 is 5.32 Å². The van der Waals surface area contributed by atoms with E-state index in [-0.39, 0.29) is 0 Å². The minimum Gasteiger partial charge on any atom is -0.383 e. The van der Waals surface area contributed by atoms with Gasteiger partial charge in [-0.15, -0.1) is 0 Å². The SMILES string of the molecule is Cc1ccc(NCC2(C(C)C)CC2)c(C#N)c1. The molecule has 0 radical (unpaired) electrons. The molecule has 2 heteroatoms. The van der Waals surface area contributed by atoms with Crippen molar-refractivity contribution < 1.29 is 0 Å². The number of hydrogen-bond acceptors (Lipinski definition) is 2. The minimum atomic E-state index is 0.470.